The fourth-order valence-electron chi connectivity index (χ4n) is 5.53. The van der Waals surface area contributed by atoms with Crippen LogP contribution in [0.1, 0.15) is 104 Å². The van der Waals surface area contributed by atoms with E-state index in [2.05, 4.69) is 92.9 Å². The molecule has 1 saturated carbocycles. The number of rotatable bonds is 26. The summed E-state index contributed by atoms with van der Waals surface area (Å²) in [5.41, 5.74) is 0. The van der Waals surface area contributed by atoms with Crippen molar-refractivity contribution in [1.82, 2.24) is 0 Å². The topological polar surface area (TPSA) is 303 Å². The standard InChI is InChI=1S/C41H53O19P3/c1-3-5-7-9-11-13-15-17-19-21-23-25-27-29-34(42)55-31-33(57-35(43)30-28-26-24-22-20-18-16-14-12-10-8-6-4-2)32-56-63(53,54)60-41-37(45)39(58-61(47,48)49)36(44)40(38(41)46)59-62(50,51)52/h33,36-41,44-46H,4,6,8,10,12,14,16,18,20,22,24,26,28,30-32H2,1-2H3,(H,53,54)(H2,47,48,49)(H2,50,51,52)/t33-,36?,37+,38?,39?,40-,41?/m1/s1. The van der Waals surface area contributed by atoms with Gasteiger partial charge in [-0.3, -0.25) is 22.9 Å². The van der Waals surface area contributed by atoms with Crippen LogP contribution >= 0.6 is 23.5 Å². The molecule has 0 amide bonds. The summed E-state index contributed by atoms with van der Waals surface area (Å²) in [4.78, 5) is 72.5. The largest absolute Gasteiger partial charge is 0.472 e. The quantitative estimate of drug-likeness (QED) is 0.0203. The molecule has 0 aromatic carbocycles. The Bertz CT molecular complexity index is 2030. The van der Waals surface area contributed by atoms with Crippen LogP contribution in [-0.4, -0.2) is 108 Å². The molecular weight excluding hydrogens is 889 g/mol. The van der Waals surface area contributed by atoms with Crippen LogP contribution in [0.25, 0.3) is 0 Å². The summed E-state index contributed by atoms with van der Waals surface area (Å²) in [6, 6.07) is 0. The van der Waals surface area contributed by atoms with E-state index in [0.717, 1.165) is 25.7 Å². The Morgan fingerprint density at radius 3 is 1.33 bits per heavy atom. The molecule has 0 heterocycles. The number of carbonyl (C=O) groups is 2. The first-order chi connectivity index (χ1) is 29.8. The molecule has 5 unspecified atom stereocenters. The molecule has 19 nitrogen and oxygen atoms in total. The van der Waals surface area contributed by atoms with E-state index >= 15 is 0 Å². The molecule has 1 fully saturated rings. The zero-order valence-electron chi connectivity index (χ0n) is 34.8. The summed E-state index contributed by atoms with van der Waals surface area (Å²) in [7, 11) is -16.7. The fraction of sp³-hybridized carbons (Fsp3) is 0.610. The van der Waals surface area contributed by atoms with Crippen molar-refractivity contribution in [2.75, 3.05) is 13.2 Å². The zero-order valence-corrected chi connectivity index (χ0v) is 37.4. The molecule has 8 N–H and O–H groups in total. The predicted octanol–water partition coefficient (Wildman–Crippen LogP) is 2.52. The molecule has 0 radical (unpaired) electrons. The molecule has 0 bridgehead atoms. The van der Waals surface area contributed by atoms with E-state index < -0.39 is 91.3 Å². The molecule has 63 heavy (non-hydrogen) atoms. The Hall–Kier alpha value is -3.93. The summed E-state index contributed by atoms with van der Waals surface area (Å²) in [5.74, 6) is 31.2. The number of aliphatic hydroxyl groups is 3. The van der Waals surface area contributed by atoms with Gasteiger partial charge in [0.2, 0.25) is 0 Å². The third-order valence-corrected chi connectivity index (χ3v) is 10.4. The van der Waals surface area contributed by atoms with Crippen LogP contribution in [0.15, 0.2) is 0 Å². The van der Waals surface area contributed by atoms with E-state index in [0.29, 0.717) is 12.8 Å². The van der Waals surface area contributed by atoms with Crippen LogP contribution in [0.3, 0.4) is 0 Å². The highest BCUT2D eigenvalue weighted by molar-refractivity contribution is 7.47. The number of hydrogen-bond acceptors (Lipinski definition) is 14. The van der Waals surface area contributed by atoms with Crippen LogP contribution in [-0.2, 0) is 50.9 Å². The molecule has 0 aliphatic heterocycles. The molecule has 1 aliphatic carbocycles. The summed E-state index contributed by atoms with van der Waals surface area (Å²) < 4.78 is 64.6. The molecule has 0 aromatic rings. The normalized spacial score (nSPS) is 20.3. The van der Waals surface area contributed by atoms with Crippen LogP contribution in [0.5, 0.6) is 0 Å². The van der Waals surface area contributed by atoms with Crippen molar-refractivity contribution in [3.8, 4) is 82.9 Å². The number of aliphatic hydroxyl groups excluding tert-OH is 3. The Labute approximate surface area is 367 Å². The van der Waals surface area contributed by atoms with Crippen molar-refractivity contribution in [3.05, 3.63) is 0 Å². The summed E-state index contributed by atoms with van der Waals surface area (Å²) >= 11 is 0. The van der Waals surface area contributed by atoms with Gasteiger partial charge < -0.3 is 49.3 Å². The van der Waals surface area contributed by atoms with E-state index in [1.807, 2.05) is 5.92 Å². The maximum Gasteiger partial charge on any atom is 0.472 e. The zero-order chi connectivity index (χ0) is 47.2. The predicted molar refractivity (Wildman–Crippen MR) is 224 cm³/mol. The van der Waals surface area contributed by atoms with E-state index in [1.165, 1.54) is 44.9 Å². The molecule has 346 valence electrons. The number of phosphoric ester groups is 3. The van der Waals surface area contributed by atoms with Gasteiger partial charge in [0, 0.05) is 12.3 Å². The monoisotopic (exact) mass is 942 g/mol. The van der Waals surface area contributed by atoms with Crippen molar-refractivity contribution >= 4 is 35.4 Å². The van der Waals surface area contributed by atoms with Crippen molar-refractivity contribution < 1.29 is 90.6 Å². The lowest BCUT2D eigenvalue weighted by molar-refractivity contribution is -0.213. The van der Waals surface area contributed by atoms with Crippen molar-refractivity contribution in [2.24, 2.45) is 0 Å². The summed E-state index contributed by atoms with van der Waals surface area (Å²) in [5, 5.41) is 31.7. The maximum atomic E-state index is 13.0. The SMILES string of the molecule is CC#CC#CC#CC#CC#CC#CC#CC(=O)OC[C@H](COP(=O)(O)OC1C(O)[C@H](OP(=O)(O)O)C(O)C(OP(=O)(O)O)[C@@H]1O)OC(=O)CCCCCCCCCCCCCCC. The summed E-state index contributed by atoms with van der Waals surface area (Å²) in [6.07, 6.45) is -3.11. The first kappa shape index (κ1) is 57.1. The molecule has 8 atom stereocenters. The highest BCUT2D eigenvalue weighted by Gasteiger charge is 2.56. The lowest BCUT2D eigenvalue weighted by atomic mass is 9.85. The number of hydrogen-bond donors (Lipinski definition) is 8. The van der Waals surface area contributed by atoms with Crippen LogP contribution in [0.2, 0.25) is 0 Å². The van der Waals surface area contributed by atoms with Gasteiger partial charge in [0.15, 0.2) is 6.10 Å². The molecular formula is C41H53O19P3. The highest BCUT2D eigenvalue weighted by Crippen LogP contribution is 2.51. The van der Waals surface area contributed by atoms with Gasteiger partial charge in [0.25, 0.3) is 0 Å². The van der Waals surface area contributed by atoms with Gasteiger partial charge in [-0.15, -0.1) is 0 Å². The van der Waals surface area contributed by atoms with Crippen LogP contribution in [0, 0.1) is 82.9 Å². The van der Waals surface area contributed by atoms with Gasteiger partial charge in [-0.1, -0.05) is 89.9 Å². The Kier molecular flexibility index (Phi) is 28.9. The van der Waals surface area contributed by atoms with E-state index in [4.69, 9.17) is 18.5 Å². The molecule has 1 rings (SSSR count). The van der Waals surface area contributed by atoms with Gasteiger partial charge in [0.05, 0.1) is 6.61 Å². The second-order valence-electron chi connectivity index (χ2n) is 13.5. The van der Waals surface area contributed by atoms with E-state index in [9.17, 15) is 63.1 Å². The third kappa shape index (κ3) is 28.5. The molecule has 0 aromatic heterocycles. The lowest BCUT2D eigenvalue weighted by Gasteiger charge is -2.44. The number of esters is 2. The van der Waals surface area contributed by atoms with Crippen molar-refractivity contribution in [1.29, 1.82) is 0 Å². The average molecular weight is 943 g/mol. The highest BCUT2D eigenvalue weighted by atomic mass is 31.2. The minimum atomic E-state index is -5.58. The van der Waals surface area contributed by atoms with Crippen LogP contribution in [0.4, 0.5) is 0 Å². The van der Waals surface area contributed by atoms with Gasteiger partial charge in [-0.25, -0.2) is 18.5 Å². The summed E-state index contributed by atoms with van der Waals surface area (Å²) in [6.45, 7) is 1.96. The number of ether oxygens (including phenoxy) is 2. The Balaban J connectivity index is 2.98. The average Bonchev–Trinajstić information content (AvgIpc) is 3.20. The van der Waals surface area contributed by atoms with Gasteiger partial charge in [-0.05, 0) is 84.4 Å². The number of carbonyl (C=O) groups excluding carboxylic acids is 2. The first-order valence-electron chi connectivity index (χ1n) is 19.8. The smallest absolute Gasteiger partial charge is 0.456 e. The van der Waals surface area contributed by atoms with Crippen molar-refractivity contribution in [3.63, 3.8) is 0 Å². The second-order valence-corrected chi connectivity index (χ2v) is 17.3. The molecule has 1 aliphatic rings. The van der Waals surface area contributed by atoms with Crippen LogP contribution < -0.4 is 0 Å². The number of phosphoric acid groups is 3. The van der Waals surface area contributed by atoms with Gasteiger partial charge >= 0.3 is 35.4 Å². The lowest BCUT2D eigenvalue weighted by Crippen LogP contribution is -2.65. The van der Waals surface area contributed by atoms with Gasteiger partial charge in [0.1, 0.15) is 43.2 Å². The first-order valence-corrected chi connectivity index (χ1v) is 24.3. The van der Waals surface area contributed by atoms with Crippen molar-refractivity contribution in [2.45, 2.75) is 146 Å². The van der Waals surface area contributed by atoms with Gasteiger partial charge in [-0.2, -0.15) is 0 Å². The minimum absolute atomic E-state index is 0.0875. The van der Waals surface area contributed by atoms with E-state index in [1.54, 1.807) is 6.92 Å². The maximum absolute atomic E-state index is 13.0. The minimum Gasteiger partial charge on any atom is -0.456 e. The fourth-order valence-corrected chi connectivity index (χ4v) is 7.64. The second kappa shape index (κ2) is 31.8. The number of unbranched alkanes of at least 4 members (excludes halogenated alkanes) is 12. The Morgan fingerprint density at radius 2 is 0.921 bits per heavy atom. The third-order valence-electron chi connectivity index (χ3n) is 8.38. The molecule has 0 spiro atoms. The molecule has 22 heteroatoms. The van der Waals surface area contributed by atoms with E-state index in [-0.39, 0.29) is 6.42 Å². The Morgan fingerprint density at radius 1 is 0.540 bits per heavy atom. The molecule has 0 saturated heterocycles.